The molecule has 1 saturated heterocycles. The molecule has 2 aromatic rings. The number of anilines is 1. The van der Waals surface area contributed by atoms with Crippen LogP contribution in [-0.2, 0) is 9.84 Å². The molecule has 1 aromatic heterocycles. The summed E-state index contributed by atoms with van der Waals surface area (Å²) in [6.07, 6.45) is 0.471. The number of nitrogens with zero attached hydrogens (tertiary/aromatic N) is 1. The van der Waals surface area contributed by atoms with Crippen LogP contribution < -0.4 is 10.6 Å². The first-order valence-electron chi connectivity index (χ1n) is 7.38. The summed E-state index contributed by atoms with van der Waals surface area (Å²) in [6, 6.07) is 6.77. The Kier molecular flexibility index (Phi) is 5.12. The summed E-state index contributed by atoms with van der Waals surface area (Å²) >= 11 is 3.17. The molecule has 0 radical (unpaired) electrons. The van der Waals surface area contributed by atoms with Crippen molar-refractivity contribution < 1.29 is 13.2 Å². The molecule has 2 heterocycles. The lowest BCUT2D eigenvalue weighted by Gasteiger charge is -2.12. The Morgan fingerprint density at radius 2 is 2.08 bits per heavy atom. The van der Waals surface area contributed by atoms with Crippen LogP contribution in [0.3, 0.4) is 0 Å². The lowest BCUT2D eigenvalue weighted by Crippen LogP contribution is -2.38. The molecule has 0 bridgehead atoms. The Hall–Kier alpha value is -1.58. The molecule has 2 N–H and O–H groups in total. The molecule has 128 valence electrons. The lowest BCUT2D eigenvalue weighted by molar-refractivity contribution is 0.249. The minimum Gasteiger partial charge on any atom is -0.334 e. The topological polar surface area (TPSA) is 88.2 Å². The lowest BCUT2D eigenvalue weighted by atomic mass is 10.3. The fraction of sp³-hybridized carbons (Fsp3) is 0.333. The van der Waals surface area contributed by atoms with E-state index in [0.717, 1.165) is 14.9 Å². The van der Waals surface area contributed by atoms with Crippen LogP contribution >= 0.6 is 23.1 Å². The molecule has 1 fully saturated rings. The summed E-state index contributed by atoms with van der Waals surface area (Å²) in [5.74, 6) is 0.156. The molecule has 6 nitrogen and oxygen atoms in total. The molecule has 2 amide bonds. The first-order valence-corrected chi connectivity index (χ1v) is 10.9. The number of sulfone groups is 1. The third kappa shape index (κ3) is 4.71. The van der Waals surface area contributed by atoms with E-state index >= 15 is 0 Å². The van der Waals surface area contributed by atoms with Gasteiger partial charge in [0.1, 0.15) is 0 Å². The standard InChI is InChI=1S/C15H17N3O3S3/c1-10-8-22-15(16-10)23-13-4-2-11(3-5-13)17-14(19)18-12-6-7-24(20,21)9-12/h2-5,8,12H,6-7,9H2,1H3,(H2,17,18,19)/t12-/m1/s1. The van der Waals surface area contributed by atoms with Gasteiger partial charge < -0.3 is 10.6 Å². The minimum absolute atomic E-state index is 0.0171. The molecular weight excluding hydrogens is 366 g/mol. The number of benzene rings is 1. The normalized spacial score (nSPS) is 19.1. The highest BCUT2D eigenvalue weighted by Gasteiger charge is 2.28. The van der Waals surface area contributed by atoms with E-state index < -0.39 is 9.84 Å². The Balaban J connectivity index is 1.53. The molecule has 24 heavy (non-hydrogen) atoms. The summed E-state index contributed by atoms with van der Waals surface area (Å²) in [6.45, 7) is 1.96. The summed E-state index contributed by atoms with van der Waals surface area (Å²) in [7, 11) is -3.00. The van der Waals surface area contributed by atoms with Crippen LogP contribution in [0, 0.1) is 6.92 Å². The second kappa shape index (κ2) is 7.12. The van der Waals surface area contributed by atoms with Crippen molar-refractivity contribution in [1.82, 2.24) is 10.3 Å². The first kappa shape index (κ1) is 17.2. The summed E-state index contributed by atoms with van der Waals surface area (Å²) < 4.78 is 23.8. The third-order valence-electron chi connectivity index (χ3n) is 3.48. The van der Waals surface area contributed by atoms with E-state index in [9.17, 15) is 13.2 Å². The maximum absolute atomic E-state index is 11.9. The van der Waals surface area contributed by atoms with E-state index in [0.29, 0.717) is 12.1 Å². The van der Waals surface area contributed by atoms with Crippen molar-refractivity contribution >= 4 is 44.7 Å². The van der Waals surface area contributed by atoms with Crippen LogP contribution in [0.15, 0.2) is 38.9 Å². The maximum atomic E-state index is 11.9. The number of carbonyl (C=O) groups excluding carboxylic acids is 1. The highest BCUT2D eigenvalue weighted by molar-refractivity contribution is 8.01. The minimum atomic E-state index is -3.00. The maximum Gasteiger partial charge on any atom is 0.319 e. The van der Waals surface area contributed by atoms with Crippen LogP contribution in [-0.4, -0.2) is 37.0 Å². The molecule has 9 heteroatoms. The molecule has 1 aromatic carbocycles. The number of hydrogen-bond acceptors (Lipinski definition) is 6. The molecule has 0 unspecified atom stereocenters. The summed E-state index contributed by atoms with van der Waals surface area (Å²) in [5, 5.41) is 7.43. The van der Waals surface area contributed by atoms with Crippen LogP contribution in [0.2, 0.25) is 0 Å². The second-order valence-corrected chi connectivity index (χ2v) is 9.99. The largest absolute Gasteiger partial charge is 0.334 e. The Labute approximate surface area is 149 Å². The van der Waals surface area contributed by atoms with E-state index in [4.69, 9.17) is 0 Å². The smallest absolute Gasteiger partial charge is 0.319 e. The second-order valence-electron chi connectivity index (χ2n) is 5.58. The van der Waals surface area contributed by atoms with Gasteiger partial charge in [0.25, 0.3) is 0 Å². The fourth-order valence-corrected chi connectivity index (χ4v) is 5.83. The molecule has 1 aliphatic heterocycles. The molecule has 1 atom stereocenters. The predicted molar refractivity (Wildman–Crippen MR) is 96.6 cm³/mol. The number of rotatable bonds is 4. The number of hydrogen-bond donors (Lipinski definition) is 2. The van der Waals surface area contributed by atoms with Crippen LogP contribution in [0.5, 0.6) is 0 Å². The van der Waals surface area contributed by atoms with E-state index in [1.165, 1.54) is 0 Å². The predicted octanol–water partition coefficient (Wildman–Crippen LogP) is 2.91. The number of aryl methyl sites for hydroxylation is 1. The van der Waals surface area contributed by atoms with Crippen molar-refractivity contribution in [1.29, 1.82) is 0 Å². The van der Waals surface area contributed by atoms with E-state index in [2.05, 4.69) is 15.6 Å². The van der Waals surface area contributed by atoms with E-state index in [1.807, 2.05) is 36.6 Å². The van der Waals surface area contributed by atoms with Gasteiger partial charge in [-0.2, -0.15) is 0 Å². The van der Waals surface area contributed by atoms with Gasteiger partial charge in [-0.25, -0.2) is 18.2 Å². The summed E-state index contributed by atoms with van der Waals surface area (Å²) in [4.78, 5) is 17.4. The van der Waals surface area contributed by atoms with Crippen LogP contribution in [0.25, 0.3) is 0 Å². The number of amides is 2. The molecule has 0 saturated carbocycles. The Bertz CT molecular complexity index is 831. The van der Waals surface area contributed by atoms with Crippen molar-refractivity contribution in [2.24, 2.45) is 0 Å². The molecule has 0 spiro atoms. The summed E-state index contributed by atoms with van der Waals surface area (Å²) in [5.41, 5.74) is 1.67. The monoisotopic (exact) mass is 383 g/mol. The zero-order chi connectivity index (χ0) is 17.2. The van der Waals surface area contributed by atoms with E-state index in [-0.39, 0.29) is 23.6 Å². The Morgan fingerprint density at radius 1 is 1.33 bits per heavy atom. The van der Waals surface area contributed by atoms with Crippen molar-refractivity contribution in [2.75, 3.05) is 16.8 Å². The highest BCUT2D eigenvalue weighted by atomic mass is 32.2. The Morgan fingerprint density at radius 3 is 2.67 bits per heavy atom. The van der Waals surface area contributed by atoms with Gasteiger partial charge in [-0.15, -0.1) is 11.3 Å². The molecule has 1 aliphatic rings. The van der Waals surface area contributed by atoms with Crippen LogP contribution in [0.1, 0.15) is 12.1 Å². The van der Waals surface area contributed by atoms with Gasteiger partial charge in [0.15, 0.2) is 14.2 Å². The van der Waals surface area contributed by atoms with Gasteiger partial charge in [0, 0.05) is 27.7 Å². The van der Waals surface area contributed by atoms with Crippen molar-refractivity contribution in [3.8, 4) is 0 Å². The van der Waals surface area contributed by atoms with Gasteiger partial charge in [-0.05, 0) is 37.6 Å². The van der Waals surface area contributed by atoms with Crippen LogP contribution in [0.4, 0.5) is 10.5 Å². The quantitative estimate of drug-likeness (QED) is 0.847. The van der Waals surface area contributed by atoms with Gasteiger partial charge in [-0.3, -0.25) is 0 Å². The van der Waals surface area contributed by atoms with Crippen molar-refractivity contribution in [3.63, 3.8) is 0 Å². The highest BCUT2D eigenvalue weighted by Crippen LogP contribution is 2.30. The van der Waals surface area contributed by atoms with Crippen molar-refractivity contribution in [2.45, 2.75) is 28.6 Å². The fourth-order valence-electron chi connectivity index (χ4n) is 2.35. The van der Waals surface area contributed by atoms with Gasteiger partial charge in [0.05, 0.1) is 11.5 Å². The zero-order valence-electron chi connectivity index (χ0n) is 13.0. The SMILES string of the molecule is Cc1csc(Sc2ccc(NC(=O)N[C@@H]3CCS(=O)(=O)C3)cc2)n1. The van der Waals surface area contributed by atoms with Gasteiger partial charge >= 0.3 is 6.03 Å². The number of carbonyl (C=O) groups is 1. The number of aromatic nitrogens is 1. The first-order chi connectivity index (χ1) is 11.4. The number of nitrogens with one attached hydrogen (secondary N) is 2. The van der Waals surface area contributed by atoms with Gasteiger partial charge in [-0.1, -0.05) is 11.8 Å². The number of urea groups is 1. The average molecular weight is 384 g/mol. The third-order valence-corrected chi connectivity index (χ3v) is 7.32. The average Bonchev–Trinajstić information content (AvgIpc) is 3.06. The van der Waals surface area contributed by atoms with E-state index in [1.54, 1.807) is 23.1 Å². The molecule has 0 aliphatic carbocycles. The van der Waals surface area contributed by atoms with Crippen molar-refractivity contribution in [3.05, 3.63) is 35.3 Å². The van der Waals surface area contributed by atoms with Gasteiger partial charge in [0.2, 0.25) is 0 Å². The molecular formula is C15H17N3O3S3. The number of thiazole rings is 1. The zero-order valence-corrected chi connectivity index (χ0v) is 15.4. The molecule has 3 rings (SSSR count).